The Morgan fingerprint density at radius 1 is 1.32 bits per heavy atom. The molecule has 1 unspecified atom stereocenters. The zero-order valence-corrected chi connectivity index (χ0v) is 11.8. The van der Waals surface area contributed by atoms with Crippen LogP contribution in [0.5, 0.6) is 0 Å². The topological polar surface area (TPSA) is 15.3 Å². The van der Waals surface area contributed by atoms with Crippen LogP contribution in [0.15, 0.2) is 12.1 Å². The minimum Gasteiger partial charge on any atom is -0.367 e. The third kappa shape index (κ3) is 3.44. The highest BCUT2D eigenvalue weighted by molar-refractivity contribution is 5.51. The second kappa shape index (κ2) is 5.87. The van der Waals surface area contributed by atoms with Crippen molar-refractivity contribution in [3.05, 3.63) is 29.3 Å². The predicted molar refractivity (Wildman–Crippen MR) is 74.3 cm³/mol. The van der Waals surface area contributed by atoms with E-state index in [9.17, 15) is 8.78 Å². The van der Waals surface area contributed by atoms with Crippen molar-refractivity contribution in [1.82, 2.24) is 5.32 Å². The zero-order chi connectivity index (χ0) is 14.0. The molecule has 0 saturated carbocycles. The van der Waals surface area contributed by atoms with Crippen LogP contribution in [0.3, 0.4) is 0 Å². The SMILES string of the molecule is CC1CCN(c2c(F)cc(CNC(C)C)cc2F)C1. The third-order valence-corrected chi connectivity index (χ3v) is 3.53. The summed E-state index contributed by atoms with van der Waals surface area (Å²) in [4.78, 5) is 1.81. The van der Waals surface area contributed by atoms with E-state index in [-0.39, 0.29) is 5.69 Å². The molecule has 4 heteroatoms. The van der Waals surface area contributed by atoms with Crippen LogP contribution < -0.4 is 10.2 Å². The second-order valence-corrected chi connectivity index (χ2v) is 5.78. The van der Waals surface area contributed by atoms with Crippen molar-refractivity contribution in [3.8, 4) is 0 Å². The summed E-state index contributed by atoms with van der Waals surface area (Å²) >= 11 is 0. The first-order valence-corrected chi connectivity index (χ1v) is 6.93. The van der Waals surface area contributed by atoms with Gasteiger partial charge in [0.1, 0.15) is 17.3 Å². The predicted octanol–water partition coefficient (Wildman–Crippen LogP) is 3.31. The highest BCUT2D eigenvalue weighted by atomic mass is 19.1. The largest absolute Gasteiger partial charge is 0.367 e. The summed E-state index contributed by atoms with van der Waals surface area (Å²) in [5.41, 5.74) is 0.789. The van der Waals surface area contributed by atoms with Gasteiger partial charge in [0.2, 0.25) is 0 Å². The Morgan fingerprint density at radius 3 is 2.42 bits per heavy atom. The molecule has 1 aromatic carbocycles. The fourth-order valence-corrected chi connectivity index (χ4v) is 2.48. The number of nitrogens with one attached hydrogen (secondary N) is 1. The molecule has 0 aliphatic carbocycles. The fraction of sp³-hybridized carbons (Fsp3) is 0.600. The van der Waals surface area contributed by atoms with Crippen molar-refractivity contribution in [2.24, 2.45) is 5.92 Å². The average Bonchev–Trinajstić information content (AvgIpc) is 2.72. The summed E-state index contributed by atoms with van der Waals surface area (Å²) in [6.07, 6.45) is 0.996. The molecule has 0 aromatic heterocycles. The highest BCUT2D eigenvalue weighted by Crippen LogP contribution is 2.29. The van der Waals surface area contributed by atoms with Crippen LogP contribution in [-0.4, -0.2) is 19.1 Å². The van der Waals surface area contributed by atoms with Gasteiger partial charge in [0.05, 0.1) is 0 Å². The first kappa shape index (κ1) is 14.3. The minimum atomic E-state index is -0.449. The van der Waals surface area contributed by atoms with Crippen LogP contribution in [0.25, 0.3) is 0 Å². The third-order valence-electron chi connectivity index (χ3n) is 3.53. The molecular formula is C15H22F2N2. The number of benzene rings is 1. The van der Waals surface area contributed by atoms with E-state index in [1.54, 1.807) is 0 Å². The molecule has 2 rings (SSSR count). The van der Waals surface area contributed by atoms with Crippen LogP contribution in [-0.2, 0) is 6.54 Å². The van der Waals surface area contributed by atoms with E-state index in [1.807, 2.05) is 18.7 Å². The quantitative estimate of drug-likeness (QED) is 0.901. The molecule has 0 amide bonds. The summed E-state index contributed by atoms with van der Waals surface area (Å²) in [6, 6.07) is 3.18. The number of halogens is 2. The Hall–Kier alpha value is -1.16. The van der Waals surface area contributed by atoms with Crippen molar-refractivity contribution in [2.45, 2.75) is 39.8 Å². The lowest BCUT2D eigenvalue weighted by Gasteiger charge is -2.20. The molecule has 0 radical (unpaired) electrons. The van der Waals surface area contributed by atoms with Crippen LogP contribution in [0, 0.1) is 17.6 Å². The van der Waals surface area contributed by atoms with E-state index in [4.69, 9.17) is 0 Å². The first-order valence-electron chi connectivity index (χ1n) is 6.93. The molecule has 0 spiro atoms. The van der Waals surface area contributed by atoms with Crippen molar-refractivity contribution < 1.29 is 8.78 Å². The minimum absolute atomic E-state index is 0.137. The van der Waals surface area contributed by atoms with Crippen LogP contribution in [0.2, 0.25) is 0 Å². The van der Waals surface area contributed by atoms with Gasteiger partial charge < -0.3 is 10.2 Å². The van der Waals surface area contributed by atoms with Crippen molar-refractivity contribution in [1.29, 1.82) is 0 Å². The molecule has 106 valence electrons. The summed E-state index contributed by atoms with van der Waals surface area (Å²) in [5.74, 6) is -0.398. The Morgan fingerprint density at radius 2 is 1.95 bits per heavy atom. The summed E-state index contributed by atoms with van der Waals surface area (Å²) in [6.45, 7) is 8.08. The van der Waals surface area contributed by atoms with Gasteiger partial charge in [-0.1, -0.05) is 20.8 Å². The maximum absolute atomic E-state index is 14.1. The second-order valence-electron chi connectivity index (χ2n) is 5.78. The lowest BCUT2D eigenvalue weighted by atomic mass is 10.1. The molecule has 1 fully saturated rings. The molecule has 1 aromatic rings. The maximum Gasteiger partial charge on any atom is 0.149 e. The van der Waals surface area contributed by atoms with Crippen LogP contribution in [0.4, 0.5) is 14.5 Å². The van der Waals surface area contributed by atoms with Gasteiger partial charge >= 0.3 is 0 Å². The normalized spacial score (nSPS) is 19.5. The number of nitrogens with zero attached hydrogens (tertiary/aromatic N) is 1. The van der Waals surface area contributed by atoms with E-state index in [2.05, 4.69) is 12.2 Å². The summed E-state index contributed by atoms with van der Waals surface area (Å²) < 4.78 is 28.2. The lowest BCUT2D eigenvalue weighted by molar-refractivity contribution is 0.556. The molecule has 1 N–H and O–H groups in total. The smallest absolute Gasteiger partial charge is 0.149 e. The van der Waals surface area contributed by atoms with Gasteiger partial charge in [-0.2, -0.15) is 0 Å². The Kier molecular flexibility index (Phi) is 4.40. The maximum atomic E-state index is 14.1. The van der Waals surface area contributed by atoms with Gasteiger partial charge in [-0.15, -0.1) is 0 Å². The summed E-state index contributed by atoms with van der Waals surface area (Å²) in [7, 11) is 0. The van der Waals surface area contributed by atoms with E-state index < -0.39 is 11.6 Å². The number of hydrogen-bond acceptors (Lipinski definition) is 2. The average molecular weight is 268 g/mol. The molecule has 19 heavy (non-hydrogen) atoms. The molecule has 1 atom stereocenters. The Bertz CT molecular complexity index is 423. The molecular weight excluding hydrogens is 246 g/mol. The van der Waals surface area contributed by atoms with E-state index in [0.717, 1.165) is 19.5 Å². The number of hydrogen-bond donors (Lipinski definition) is 1. The molecule has 2 nitrogen and oxygen atoms in total. The molecule has 0 bridgehead atoms. The van der Waals surface area contributed by atoms with Crippen molar-refractivity contribution >= 4 is 5.69 Å². The highest BCUT2D eigenvalue weighted by Gasteiger charge is 2.24. The number of rotatable bonds is 4. The molecule has 1 aliphatic rings. The van der Waals surface area contributed by atoms with Crippen LogP contribution in [0.1, 0.15) is 32.8 Å². The number of anilines is 1. The standard InChI is InChI=1S/C15H22F2N2/c1-10(2)18-8-12-6-13(16)15(14(17)7-12)19-5-4-11(3)9-19/h6-7,10-11,18H,4-5,8-9H2,1-3H3. The lowest BCUT2D eigenvalue weighted by Crippen LogP contribution is -2.24. The first-order chi connectivity index (χ1) is 8.97. The van der Waals surface area contributed by atoms with Gasteiger partial charge in [-0.25, -0.2) is 8.78 Å². The molecule has 1 aliphatic heterocycles. The Labute approximate surface area is 113 Å². The van der Waals surface area contributed by atoms with Crippen molar-refractivity contribution in [2.75, 3.05) is 18.0 Å². The molecule has 1 saturated heterocycles. The van der Waals surface area contributed by atoms with Crippen molar-refractivity contribution in [3.63, 3.8) is 0 Å². The van der Waals surface area contributed by atoms with E-state index in [0.29, 0.717) is 24.1 Å². The van der Waals surface area contributed by atoms with Gasteiger partial charge in [0.15, 0.2) is 0 Å². The van der Waals surface area contributed by atoms with Gasteiger partial charge in [-0.3, -0.25) is 0 Å². The van der Waals surface area contributed by atoms with Gasteiger partial charge in [0.25, 0.3) is 0 Å². The zero-order valence-electron chi connectivity index (χ0n) is 11.8. The van der Waals surface area contributed by atoms with E-state index >= 15 is 0 Å². The van der Waals surface area contributed by atoms with E-state index in [1.165, 1.54) is 12.1 Å². The Balaban J connectivity index is 2.17. The van der Waals surface area contributed by atoms with Gasteiger partial charge in [0, 0.05) is 25.7 Å². The van der Waals surface area contributed by atoms with Gasteiger partial charge in [-0.05, 0) is 30.0 Å². The monoisotopic (exact) mass is 268 g/mol. The summed E-state index contributed by atoms with van der Waals surface area (Å²) in [5, 5.41) is 3.17. The fourth-order valence-electron chi connectivity index (χ4n) is 2.48. The molecule has 1 heterocycles. The van der Waals surface area contributed by atoms with Crippen LogP contribution >= 0.6 is 0 Å².